The third kappa shape index (κ3) is 5.66. The fraction of sp³-hybridized carbons (Fsp3) is 0.346. The number of aromatic nitrogens is 1. The number of ketones is 1. The normalized spacial score (nSPS) is 17.5. The fourth-order valence-corrected chi connectivity index (χ4v) is 5.07. The molecule has 0 bridgehead atoms. The Morgan fingerprint density at radius 3 is 2.23 bits per heavy atom. The lowest BCUT2D eigenvalue weighted by Crippen LogP contribution is -2.35. The first-order chi connectivity index (χ1) is 16.2. The number of hydrogen-bond donors (Lipinski definition) is 2. The Labute approximate surface area is 221 Å². The molecule has 1 aromatic heterocycles. The van der Waals surface area contributed by atoms with Gasteiger partial charge in [-0.2, -0.15) is 0 Å². The Morgan fingerprint density at radius 2 is 1.66 bits per heavy atom. The van der Waals surface area contributed by atoms with Crippen molar-refractivity contribution in [3.8, 4) is 16.9 Å². The molecule has 0 unspecified atom stereocenters. The van der Waals surface area contributed by atoms with Gasteiger partial charge in [0.2, 0.25) is 5.91 Å². The molecule has 9 heteroatoms. The highest BCUT2D eigenvalue weighted by Crippen LogP contribution is 2.38. The van der Waals surface area contributed by atoms with Gasteiger partial charge in [0.1, 0.15) is 0 Å². The van der Waals surface area contributed by atoms with Crippen molar-refractivity contribution >= 4 is 63.9 Å². The van der Waals surface area contributed by atoms with Crippen LogP contribution in [0.1, 0.15) is 43.0 Å². The number of hydrogen-bond acceptors (Lipinski definition) is 5. The Balaban J connectivity index is 0.00000342. The van der Waals surface area contributed by atoms with Gasteiger partial charge < -0.3 is 15.3 Å². The van der Waals surface area contributed by atoms with E-state index in [1.807, 2.05) is 18.2 Å². The van der Waals surface area contributed by atoms with E-state index >= 15 is 0 Å². The highest BCUT2D eigenvalue weighted by Gasteiger charge is 2.28. The van der Waals surface area contributed by atoms with Crippen LogP contribution in [0.25, 0.3) is 22.0 Å². The third-order valence-corrected chi connectivity index (χ3v) is 7.04. The largest absolute Gasteiger partial charge is 0.505 e. The van der Waals surface area contributed by atoms with E-state index in [2.05, 4.69) is 10.3 Å². The summed E-state index contributed by atoms with van der Waals surface area (Å²) in [6.07, 6.45) is 4.91. The molecule has 3 aromatic rings. The highest BCUT2D eigenvalue weighted by atomic mass is 35.5. The van der Waals surface area contributed by atoms with E-state index in [0.717, 1.165) is 53.4 Å². The number of carbonyl (C=O) groups excluding carboxylic acids is 2. The number of nitrogens with zero attached hydrogens (tertiary/aromatic N) is 2. The first-order valence-electron chi connectivity index (χ1n) is 11.3. The molecule has 0 atom stereocenters. The minimum absolute atomic E-state index is 0. The van der Waals surface area contributed by atoms with Gasteiger partial charge in [0.15, 0.2) is 11.5 Å². The molecule has 6 nitrogen and oxygen atoms in total. The number of aromatic hydroxyl groups is 1. The summed E-state index contributed by atoms with van der Waals surface area (Å²) in [4.78, 5) is 30.9. The molecule has 1 heterocycles. The molecule has 2 N–H and O–H groups in total. The molecule has 1 amide bonds. The standard InChI is InChI=1S/C26H27Cl2N3O3.ClH/c1-14(32)20-13-29-23-9-6-16(17-11-21(27)25(33)22(28)12-17)10-19(23)24(20)30-18-7-4-15(5-8-18)26(34)31(2)3;/h6,9-13,15,18,33H,4-5,7-8H2,1-3H3,(H,29,30);1H/t15-,18-;. The maximum Gasteiger partial charge on any atom is 0.225 e. The zero-order chi connectivity index (χ0) is 24.6. The quantitative estimate of drug-likeness (QED) is 0.359. The van der Waals surface area contributed by atoms with Crippen LogP contribution in [0.3, 0.4) is 0 Å². The lowest BCUT2D eigenvalue weighted by Gasteiger charge is -2.31. The summed E-state index contributed by atoms with van der Waals surface area (Å²) in [6.45, 7) is 1.53. The molecule has 2 aromatic carbocycles. The second-order valence-electron chi connectivity index (χ2n) is 9.05. The summed E-state index contributed by atoms with van der Waals surface area (Å²) in [5.41, 5.74) is 3.61. The van der Waals surface area contributed by atoms with Crippen molar-refractivity contribution < 1.29 is 14.7 Å². The maximum absolute atomic E-state index is 12.5. The number of phenolic OH excluding ortho intramolecular Hbond substituents is 1. The first kappa shape index (κ1) is 27.1. The molecule has 0 spiro atoms. The van der Waals surface area contributed by atoms with E-state index in [0.29, 0.717) is 5.56 Å². The number of nitrogens with one attached hydrogen (secondary N) is 1. The lowest BCUT2D eigenvalue weighted by atomic mass is 9.85. The molecule has 0 aliphatic heterocycles. The van der Waals surface area contributed by atoms with Crippen molar-refractivity contribution in [1.29, 1.82) is 0 Å². The van der Waals surface area contributed by atoms with E-state index in [9.17, 15) is 14.7 Å². The molecule has 186 valence electrons. The number of amides is 1. The van der Waals surface area contributed by atoms with Crippen LogP contribution in [0.15, 0.2) is 36.5 Å². The molecule has 1 aliphatic rings. The van der Waals surface area contributed by atoms with Gasteiger partial charge >= 0.3 is 0 Å². The van der Waals surface area contributed by atoms with Gasteiger partial charge in [0.25, 0.3) is 0 Å². The number of benzene rings is 2. The number of phenols is 1. The van der Waals surface area contributed by atoms with Crippen LogP contribution in [0.5, 0.6) is 5.75 Å². The van der Waals surface area contributed by atoms with E-state index < -0.39 is 0 Å². The van der Waals surface area contributed by atoms with Crippen LogP contribution in [-0.2, 0) is 4.79 Å². The number of anilines is 1. The zero-order valence-corrected chi connectivity index (χ0v) is 22.1. The maximum atomic E-state index is 12.5. The van der Waals surface area contributed by atoms with Crippen LogP contribution < -0.4 is 5.32 Å². The van der Waals surface area contributed by atoms with Gasteiger partial charge in [-0.25, -0.2) is 0 Å². The smallest absolute Gasteiger partial charge is 0.225 e. The Kier molecular flexibility index (Phi) is 8.52. The predicted octanol–water partition coefficient (Wildman–Crippen LogP) is 6.60. The number of halogens is 3. The summed E-state index contributed by atoms with van der Waals surface area (Å²) in [6, 6.07) is 9.21. The molecule has 4 rings (SSSR count). The van der Waals surface area contributed by atoms with Gasteiger partial charge in [-0.3, -0.25) is 14.6 Å². The zero-order valence-electron chi connectivity index (χ0n) is 19.8. The second-order valence-corrected chi connectivity index (χ2v) is 9.86. The van der Waals surface area contributed by atoms with Gasteiger partial charge in [0.05, 0.1) is 26.8 Å². The topological polar surface area (TPSA) is 82.5 Å². The Bertz CT molecular complexity index is 1250. The summed E-state index contributed by atoms with van der Waals surface area (Å²) in [5.74, 6) is -0.00758. The number of carbonyl (C=O) groups is 2. The van der Waals surface area contributed by atoms with Crippen LogP contribution in [0, 0.1) is 5.92 Å². The van der Waals surface area contributed by atoms with Crippen LogP contribution >= 0.6 is 35.6 Å². The number of fused-ring (bicyclic) bond motifs is 1. The lowest BCUT2D eigenvalue weighted by molar-refractivity contribution is -0.133. The van der Waals surface area contributed by atoms with Gasteiger partial charge in [0, 0.05) is 37.6 Å². The van der Waals surface area contributed by atoms with Crippen molar-refractivity contribution in [3.63, 3.8) is 0 Å². The van der Waals surface area contributed by atoms with Crippen molar-refractivity contribution in [2.24, 2.45) is 5.92 Å². The minimum Gasteiger partial charge on any atom is -0.505 e. The van der Waals surface area contributed by atoms with Crippen molar-refractivity contribution in [3.05, 3.63) is 52.1 Å². The average molecular weight is 537 g/mol. The Morgan fingerprint density at radius 1 is 1.03 bits per heavy atom. The second kappa shape index (κ2) is 11.0. The summed E-state index contributed by atoms with van der Waals surface area (Å²) >= 11 is 12.3. The van der Waals surface area contributed by atoms with E-state index in [4.69, 9.17) is 23.2 Å². The summed E-state index contributed by atoms with van der Waals surface area (Å²) in [7, 11) is 3.59. The van der Waals surface area contributed by atoms with Crippen LogP contribution in [0.4, 0.5) is 5.69 Å². The van der Waals surface area contributed by atoms with Crippen LogP contribution in [-0.4, -0.2) is 46.8 Å². The molecule has 0 radical (unpaired) electrons. The van der Waals surface area contributed by atoms with Gasteiger partial charge in [-0.15, -0.1) is 12.4 Å². The summed E-state index contributed by atoms with van der Waals surface area (Å²) in [5, 5.41) is 14.7. The minimum atomic E-state index is -0.154. The van der Waals surface area contributed by atoms with Gasteiger partial charge in [-0.1, -0.05) is 29.3 Å². The van der Waals surface area contributed by atoms with E-state index in [-0.39, 0.29) is 51.9 Å². The number of pyridine rings is 1. The number of rotatable bonds is 5. The van der Waals surface area contributed by atoms with Crippen LogP contribution in [0.2, 0.25) is 10.0 Å². The SMILES string of the molecule is CC(=O)c1cnc2ccc(-c3cc(Cl)c(O)c(Cl)c3)cc2c1N[C@H]1CC[C@H](C(=O)N(C)C)CC1.Cl. The van der Waals surface area contributed by atoms with Crippen molar-refractivity contribution in [2.45, 2.75) is 38.6 Å². The molecule has 0 saturated heterocycles. The fourth-order valence-electron chi connectivity index (χ4n) is 4.58. The monoisotopic (exact) mass is 535 g/mol. The summed E-state index contributed by atoms with van der Waals surface area (Å²) < 4.78 is 0. The molecule has 1 aliphatic carbocycles. The van der Waals surface area contributed by atoms with E-state index in [1.54, 1.807) is 37.3 Å². The van der Waals surface area contributed by atoms with E-state index in [1.165, 1.54) is 6.92 Å². The predicted molar refractivity (Wildman–Crippen MR) is 144 cm³/mol. The first-order valence-corrected chi connectivity index (χ1v) is 12.0. The average Bonchev–Trinajstić information content (AvgIpc) is 2.81. The highest BCUT2D eigenvalue weighted by molar-refractivity contribution is 6.37. The van der Waals surface area contributed by atoms with Crippen molar-refractivity contribution in [1.82, 2.24) is 9.88 Å². The molecule has 1 fully saturated rings. The van der Waals surface area contributed by atoms with Gasteiger partial charge in [-0.05, 0) is 68.0 Å². The number of Topliss-reactive ketones (excluding diaryl/α,β-unsaturated/α-hetero) is 1. The third-order valence-electron chi connectivity index (χ3n) is 6.46. The molecular formula is C26H28Cl3N3O3. The van der Waals surface area contributed by atoms with Crippen molar-refractivity contribution in [2.75, 3.05) is 19.4 Å². The molecule has 1 saturated carbocycles. The molecular weight excluding hydrogens is 509 g/mol. The molecule has 35 heavy (non-hydrogen) atoms. The Hall–Kier alpha value is -2.54.